The number of rotatable bonds is 6. The van der Waals surface area contributed by atoms with E-state index in [2.05, 4.69) is 15.4 Å². The molecule has 0 aliphatic carbocycles. The van der Waals surface area contributed by atoms with Crippen molar-refractivity contribution in [2.24, 2.45) is 0 Å². The van der Waals surface area contributed by atoms with Crippen LogP contribution in [0, 0.1) is 0 Å². The molecule has 32 heavy (non-hydrogen) atoms. The number of fused-ring (bicyclic) bond motifs is 1. The summed E-state index contributed by atoms with van der Waals surface area (Å²) < 4.78 is 46.9. The summed E-state index contributed by atoms with van der Waals surface area (Å²) in [5.41, 5.74) is 0.406. The highest BCUT2D eigenvalue weighted by molar-refractivity contribution is 5.93. The van der Waals surface area contributed by atoms with Gasteiger partial charge in [-0.2, -0.15) is 18.3 Å². The molecule has 0 bridgehead atoms. The molecule has 0 aliphatic rings. The summed E-state index contributed by atoms with van der Waals surface area (Å²) in [6, 6.07) is 18.2. The van der Waals surface area contributed by atoms with E-state index in [1.807, 2.05) is 30.3 Å². The molecule has 0 saturated carbocycles. The van der Waals surface area contributed by atoms with Crippen LogP contribution in [0.15, 0.2) is 66.7 Å². The van der Waals surface area contributed by atoms with Crippen LogP contribution < -0.4 is 10.1 Å². The van der Waals surface area contributed by atoms with Gasteiger partial charge in [-0.3, -0.25) is 4.79 Å². The van der Waals surface area contributed by atoms with Crippen molar-refractivity contribution in [2.45, 2.75) is 12.6 Å². The molecule has 6 nitrogen and oxygen atoms in total. The maximum Gasteiger partial charge on any atom is 0.433 e. The van der Waals surface area contributed by atoms with Crippen molar-refractivity contribution in [1.82, 2.24) is 19.9 Å². The van der Waals surface area contributed by atoms with Gasteiger partial charge in [0.05, 0.1) is 12.8 Å². The van der Waals surface area contributed by atoms with Crippen LogP contribution in [0.3, 0.4) is 0 Å². The van der Waals surface area contributed by atoms with Crippen molar-refractivity contribution in [2.75, 3.05) is 13.7 Å². The molecule has 0 atom stereocenters. The Hall–Kier alpha value is -3.88. The Kier molecular flexibility index (Phi) is 5.81. The molecule has 0 aliphatic heterocycles. The largest absolute Gasteiger partial charge is 0.497 e. The molecule has 0 radical (unpaired) electrons. The maximum atomic E-state index is 13.7. The first-order valence-corrected chi connectivity index (χ1v) is 9.80. The first-order chi connectivity index (χ1) is 15.3. The molecule has 164 valence electrons. The molecule has 4 aromatic rings. The molecule has 1 N–H and O–H groups in total. The molecular formula is C23H19F3N4O2. The Morgan fingerprint density at radius 3 is 2.44 bits per heavy atom. The summed E-state index contributed by atoms with van der Waals surface area (Å²) in [4.78, 5) is 16.8. The van der Waals surface area contributed by atoms with Crippen LogP contribution in [0.5, 0.6) is 5.75 Å². The Balaban J connectivity index is 1.63. The van der Waals surface area contributed by atoms with Crippen LogP contribution in [-0.4, -0.2) is 34.2 Å². The van der Waals surface area contributed by atoms with Gasteiger partial charge < -0.3 is 10.1 Å². The number of benzene rings is 2. The third kappa shape index (κ3) is 4.56. The summed E-state index contributed by atoms with van der Waals surface area (Å²) in [6.07, 6.45) is -4.09. The van der Waals surface area contributed by atoms with Crippen LogP contribution in [-0.2, 0) is 12.6 Å². The Bertz CT molecular complexity index is 1240. The third-order valence-electron chi connectivity index (χ3n) is 4.88. The highest BCUT2D eigenvalue weighted by Gasteiger charge is 2.35. The lowest BCUT2D eigenvalue weighted by Gasteiger charge is -2.11. The van der Waals surface area contributed by atoms with E-state index in [0.717, 1.165) is 11.6 Å². The zero-order valence-electron chi connectivity index (χ0n) is 17.1. The first-order valence-electron chi connectivity index (χ1n) is 9.80. The second kappa shape index (κ2) is 8.70. The van der Waals surface area contributed by atoms with Gasteiger partial charge in [-0.25, -0.2) is 9.50 Å². The van der Waals surface area contributed by atoms with E-state index in [9.17, 15) is 18.0 Å². The van der Waals surface area contributed by atoms with E-state index in [1.165, 1.54) is 13.2 Å². The average molecular weight is 440 g/mol. The smallest absolute Gasteiger partial charge is 0.433 e. The van der Waals surface area contributed by atoms with E-state index >= 15 is 0 Å². The second-order valence-electron chi connectivity index (χ2n) is 7.04. The monoisotopic (exact) mass is 440 g/mol. The fourth-order valence-electron chi connectivity index (χ4n) is 3.25. The number of hydrogen-bond acceptors (Lipinski definition) is 4. The zero-order chi connectivity index (χ0) is 22.7. The summed E-state index contributed by atoms with van der Waals surface area (Å²) in [7, 11) is 1.50. The molecule has 2 heterocycles. The van der Waals surface area contributed by atoms with Crippen molar-refractivity contribution in [3.63, 3.8) is 0 Å². The normalized spacial score (nSPS) is 11.5. The van der Waals surface area contributed by atoms with Crippen LogP contribution in [0.2, 0.25) is 0 Å². The lowest BCUT2D eigenvalue weighted by Crippen LogP contribution is -2.26. The van der Waals surface area contributed by atoms with Crippen molar-refractivity contribution < 1.29 is 22.7 Å². The van der Waals surface area contributed by atoms with Crippen molar-refractivity contribution in [3.8, 4) is 17.0 Å². The molecule has 4 rings (SSSR count). The molecular weight excluding hydrogens is 421 g/mol. The van der Waals surface area contributed by atoms with E-state index < -0.39 is 17.8 Å². The van der Waals surface area contributed by atoms with Crippen molar-refractivity contribution in [3.05, 3.63) is 83.7 Å². The highest BCUT2D eigenvalue weighted by atomic mass is 19.4. The number of alkyl halides is 3. The minimum absolute atomic E-state index is 0.0705. The number of carbonyl (C=O) groups excluding carboxylic acids is 1. The van der Waals surface area contributed by atoms with E-state index in [0.29, 0.717) is 28.8 Å². The molecule has 0 unspecified atom stereocenters. The lowest BCUT2D eigenvalue weighted by molar-refractivity contribution is -0.142. The number of nitrogens with zero attached hydrogens (tertiary/aromatic N) is 3. The minimum atomic E-state index is -4.69. The molecule has 9 heteroatoms. The summed E-state index contributed by atoms with van der Waals surface area (Å²) in [6.45, 7) is 0.327. The maximum absolute atomic E-state index is 13.7. The van der Waals surface area contributed by atoms with Crippen molar-refractivity contribution in [1.29, 1.82) is 0 Å². The second-order valence-corrected chi connectivity index (χ2v) is 7.04. The number of hydrogen-bond donors (Lipinski definition) is 1. The van der Waals surface area contributed by atoms with Gasteiger partial charge in [0.25, 0.3) is 5.91 Å². The number of aromatic nitrogens is 3. The summed E-state index contributed by atoms with van der Waals surface area (Å²) >= 11 is 0. The van der Waals surface area contributed by atoms with Crippen molar-refractivity contribution >= 4 is 11.6 Å². The van der Waals surface area contributed by atoms with Crippen LogP contribution in [0.25, 0.3) is 16.9 Å². The van der Waals surface area contributed by atoms with Crippen LogP contribution >= 0.6 is 0 Å². The zero-order valence-corrected chi connectivity index (χ0v) is 17.1. The molecule has 0 spiro atoms. The Morgan fingerprint density at radius 2 is 1.78 bits per heavy atom. The molecule has 1 amide bonds. The molecule has 0 fully saturated rings. The van der Waals surface area contributed by atoms with E-state index in [4.69, 9.17) is 4.74 Å². The Morgan fingerprint density at radius 1 is 1.06 bits per heavy atom. The number of ether oxygens (including phenoxy) is 1. The van der Waals surface area contributed by atoms with E-state index in [-0.39, 0.29) is 17.0 Å². The number of amides is 1. The number of methoxy groups -OCH3 is 1. The first kappa shape index (κ1) is 21.4. The standard InChI is InChI=1S/C23H19F3N4O2/c1-32-17-9-7-16(8-10-17)18-13-20(23(24,25)26)30-21(28-18)14-19(29-30)22(31)27-12-11-15-5-3-2-4-6-15/h2-10,13-14H,11-12H2,1H3,(H,27,31). The van der Waals surface area contributed by atoms with Gasteiger partial charge in [0, 0.05) is 18.2 Å². The topological polar surface area (TPSA) is 68.5 Å². The lowest BCUT2D eigenvalue weighted by atomic mass is 10.1. The van der Waals surface area contributed by atoms with Gasteiger partial charge >= 0.3 is 6.18 Å². The predicted octanol–water partition coefficient (Wildman–Crippen LogP) is 4.40. The SMILES string of the molecule is COc1ccc(-c2cc(C(F)(F)F)n3nc(C(=O)NCCc4ccccc4)cc3n2)cc1. The Labute approximate surface area is 181 Å². The summed E-state index contributed by atoms with van der Waals surface area (Å²) in [5.74, 6) is 0.00948. The van der Waals surface area contributed by atoms with E-state index in [1.54, 1.807) is 24.3 Å². The van der Waals surface area contributed by atoms with Gasteiger partial charge in [0.15, 0.2) is 17.0 Å². The van der Waals surface area contributed by atoms with Gasteiger partial charge in [-0.1, -0.05) is 30.3 Å². The predicted molar refractivity (Wildman–Crippen MR) is 112 cm³/mol. The van der Waals surface area contributed by atoms with Crippen LogP contribution in [0.1, 0.15) is 21.7 Å². The number of nitrogens with one attached hydrogen (secondary N) is 1. The van der Waals surface area contributed by atoms with Gasteiger partial charge in [0.2, 0.25) is 0 Å². The fraction of sp³-hybridized carbons (Fsp3) is 0.174. The molecule has 2 aromatic heterocycles. The third-order valence-corrected chi connectivity index (χ3v) is 4.88. The highest BCUT2D eigenvalue weighted by Crippen LogP contribution is 2.32. The molecule has 2 aromatic carbocycles. The van der Waals surface area contributed by atoms with Crippen LogP contribution in [0.4, 0.5) is 13.2 Å². The average Bonchev–Trinajstić information content (AvgIpc) is 3.23. The summed E-state index contributed by atoms with van der Waals surface area (Å²) in [5, 5.41) is 6.56. The number of halogens is 3. The number of carbonyl (C=O) groups is 1. The minimum Gasteiger partial charge on any atom is -0.497 e. The van der Waals surface area contributed by atoms with Gasteiger partial charge in [-0.05, 0) is 42.3 Å². The van der Waals surface area contributed by atoms with Gasteiger partial charge in [-0.15, -0.1) is 0 Å². The quantitative estimate of drug-likeness (QED) is 0.483. The molecule has 0 saturated heterocycles. The fourth-order valence-corrected chi connectivity index (χ4v) is 3.25. The van der Waals surface area contributed by atoms with Gasteiger partial charge in [0.1, 0.15) is 5.75 Å².